The molecule has 19 heavy (non-hydrogen) atoms. The second kappa shape index (κ2) is 5.79. The minimum atomic E-state index is -0.202. The first-order valence-electron chi connectivity index (χ1n) is 6.30. The molecule has 2 amide bonds. The molecule has 2 rings (SSSR count). The molecule has 6 heteroatoms. The molecule has 0 atom stereocenters. The van der Waals surface area contributed by atoms with Crippen molar-refractivity contribution in [3.8, 4) is 0 Å². The highest BCUT2D eigenvalue weighted by molar-refractivity contribution is 5.95. The van der Waals surface area contributed by atoms with Crippen LogP contribution in [0, 0.1) is 0 Å². The van der Waals surface area contributed by atoms with Crippen LogP contribution in [0.2, 0.25) is 0 Å². The van der Waals surface area contributed by atoms with E-state index in [4.69, 9.17) is 5.73 Å². The molecule has 2 heterocycles. The molecule has 0 radical (unpaired) electrons. The van der Waals surface area contributed by atoms with Crippen molar-refractivity contribution in [1.29, 1.82) is 0 Å². The summed E-state index contributed by atoms with van der Waals surface area (Å²) >= 11 is 0. The molecule has 2 N–H and O–H groups in total. The van der Waals surface area contributed by atoms with Gasteiger partial charge in [0.1, 0.15) is 12.2 Å². The van der Waals surface area contributed by atoms with Crippen LogP contribution in [0.1, 0.15) is 22.5 Å². The van der Waals surface area contributed by atoms with Gasteiger partial charge in [-0.25, -0.2) is 0 Å². The lowest BCUT2D eigenvalue weighted by Crippen LogP contribution is -2.38. The Hall–Kier alpha value is -1.95. The topological polar surface area (TPSA) is 79.5 Å². The van der Waals surface area contributed by atoms with Crippen LogP contribution in [0.25, 0.3) is 0 Å². The maximum absolute atomic E-state index is 12.3. The summed E-state index contributed by atoms with van der Waals surface area (Å²) in [7, 11) is 1.75. The molecule has 102 valence electrons. The smallest absolute Gasteiger partial charge is 0.272 e. The van der Waals surface area contributed by atoms with E-state index in [0.29, 0.717) is 25.3 Å². The molecule has 1 aliphatic heterocycles. The van der Waals surface area contributed by atoms with Gasteiger partial charge in [0.25, 0.3) is 5.91 Å². The molecule has 0 aromatic carbocycles. The van der Waals surface area contributed by atoms with Gasteiger partial charge in [-0.2, -0.15) is 0 Å². The van der Waals surface area contributed by atoms with E-state index in [9.17, 15) is 9.59 Å². The van der Waals surface area contributed by atoms with E-state index in [2.05, 4.69) is 4.98 Å². The lowest BCUT2D eigenvalue weighted by molar-refractivity contribution is -0.129. The van der Waals surface area contributed by atoms with Crippen molar-refractivity contribution >= 4 is 11.8 Å². The lowest BCUT2D eigenvalue weighted by atomic mass is 10.2. The van der Waals surface area contributed by atoms with Gasteiger partial charge in [0.05, 0.1) is 0 Å². The van der Waals surface area contributed by atoms with E-state index in [1.165, 1.54) is 0 Å². The van der Waals surface area contributed by atoms with E-state index >= 15 is 0 Å². The molecule has 1 aromatic rings. The van der Waals surface area contributed by atoms with Crippen LogP contribution >= 0.6 is 0 Å². The molecular weight excluding hydrogens is 244 g/mol. The van der Waals surface area contributed by atoms with Crippen LogP contribution in [0.15, 0.2) is 18.3 Å². The maximum atomic E-state index is 12.3. The predicted octanol–water partition coefficient (Wildman–Crippen LogP) is -0.155. The Balaban J connectivity index is 2.11. The van der Waals surface area contributed by atoms with Crippen molar-refractivity contribution in [1.82, 2.24) is 14.8 Å². The third-order valence-corrected chi connectivity index (χ3v) is 3.24. The molecule has 0 spiro atoms. The van der Waals surface area contributed by atoms with Gasteiger partial charge in [0, 0.05) is 32.9 Å². The van der Waals surface area contributed by atoms with Gasteiger partial charge in [-0.1, -0.05) is 6.07 Å². The first kappa shape index (κ1) is 13.5. The third kappa shape index (κ3) is 3.08. The number of hydrogen-bond acceptors (Lipinski definition) is 4. The Bertz CT molecular complexity index is 472. The number of hydrogen-bond donors (Lipinski definition) is 1. The molecule has 0 saturated carbocycles. The zero-order valence-corrected chi connectivity index (χ0v) is 11.0. The SMILES string of the molecule is CN1CCCN(C(=O)c2ccc(CN)cn2)CC1=O. The highest BCUT2D eigenvalue weighted by Crippen LogP contribution is 2.08. The standard InChI is InChI=1S/C13H18N4O2/c1-16-5-2-6-17(9-12(16)18)13(19)11-4-3-10(7-14)8-15-11/h3-4,8H,2,5-7,9,14H2,1H3. The van der Waals surface area contributed by atoms with Crippen LogP contribution < -0.4 is 5.73 Å². The average molecular weight is 262 g/mol. The number of carbonyl (C=O) groups is 2. The fourth-order valence-electron chi connectivity index (χ4n) is 1.99. The second-order valence-corrected chi connectivity index (χ2v) is 4.65. The number of nitrogens with zero attached hydrogens (tertiary/aromatic N) is 3. The summed E-state index contributed by atoms with van der Waals surface area (Å²) in [6.45, 7) is 1.78. The Labute approximate surface area is 112 Å². The third-order valence-electron chi connectivity index (χ3n) is 3.24. The molecule has 1 aliphatic rings. The van der Waals surface area contributed by atoms with Gasteiger partial charge in [-0.3, -0.25) is 14.6 Å². The van der Waals surface area contributed by atoms with E-state index < -0.39 is 0 Å². The molecular formula is C13H18N4O2. The quantitative estimate of drug-likeness (QED) is 0.803. The van der Waals surface area contributed by atoms with Crippen molar-refractivity contribution < 1.29 is 9.59 Å². The van der Waals surface area contributed by atoms with Crippen LogP contribution in [0.5, 0.6) is 0 Å². The van der Waals surface area contributed by atoms with Crippen molar-refractivity contribution in [2.24, 2.45) is 5.73 Å². The fourth-order valence-corrected chi connectivity index (χ4v) is 1.99. The lowest BCUT2D eigenvalue weighted by Gasteiger charge is -2.19. The Morgan fingerprint density at radius 3 is 2.84 bits per heavy atom. The minimum absolute atomic E-state index is 0.0376. The summed E-state index contributed by atoms with van der Waals surface area (Å²) in [6, 6.07) is 3.44. The number of aromatic nitrogens is 1. The zero-order valence-electron chi connectivity index (χ0n) is 11.0. The molecule has 0 bridgehead atoms. The number of rotatable bonds is 2. The molecule has 0 aliphatic carbocycles. The Kier molecular flexibility index (Phi) is 4.11. The zero-order chi connectivity index (χ0) is 13.8. The van der Waals surface area contributed by atoms with Crippen LogP contribution in [0.3, 0.4) is 0 Å². The summed E-state index contributed by atoms with van der Waals surface area (Å²) in [5, 5.41) is 0. The Morgan fingerprint density at radius 2 is 2.21 bits per heavy atom. The number of nitrogens with two attached hydrogens (primary N) is 1. The highest BCUT2D eigenvalue weighted by atomic mass is 16.2. The number of carbonyl (C=O) groups excluding carboxylic acids is 2. The first-order valence-corrected chi connectivity index (χ1v) is 6.30. The van der Waals surface area contributed by atoms with Gasteiger partial charge < -0.3 is 15.5 Å². The molecule has 1 fully saturated rings. The van der Waals surface area contributed by atoms with Crippen LogP contribution in [0.4, 0.5) is 0 Å². The minimum Gasteiger partial charge on any atom is -0.344 e. The number of amides is 2. The average Bonchev–Trinajstić information content (AvgIpc) is 2.60. The largest absolute Gasteiger partial charge is 0.344 e. The van der Waals surface area contributed by atoms with E-state index in [1.54, 1.807) is 35.2 Å². The monoisotopic (exact) mass is 262 g/mol. The first-order chi connectivity index (χ1) is 9.11. The van der Waals surface area contributed by atoms with Crippen molar-refractivity contribution in [3.63, 3.8) is 0 Å². The summed E-state index contributed by atoms with van der Waals surface area (Å²) in [4.78, 5) is 31.3. The van der Waals surface area contributed by atoms with Crippen molar-refractivity contribution in [3.05, 3.63) is 29.6 Å². The molecule has 6 nitrogen and oxygen atoms in total. The maximum Gasteiger partial charge on any atom is 0.272 e. The summed E-state index contributed by atoms with van der Waals surface area (Å²) in [6.07, 6.45) is 2.38. The van der Waals surface area contributed by atoms with Gasteiger partial charge >= 0.3 is 0 Å². The predicted molar refractivity (Wildman–Crippen MR) is 70.3 cm³/mol. The van der Waals surface area contributed by atoms with Gasteiger partial charge in [0.2, 0.25) is 5.91 Å². The summed E-state index contributed by atoms with van der Waals surface area (Å²) < 4.78 is 0. The second-order valence-electron chi connectivity index (χ2n) is 4.65. The number of likely N-dealkylation sites (N-methyl/N-ethyl adjacent to an activating group) is 1. The van der Waals surface area contributed by atoms with Crippen molar-refractivity contribution in [2.45, 2.75) is 13.0 Å². The summed E-state index contributed by atoms with van der Waals surface area (Å²) in [5.74, 6) is -0.239. The van der Waals surface area contributed by atoms with Crippen LogP contribution in [-0.4, -0.2) is 53.3 Å². The highest BCUT2D eigenvalue weighted by Gasteiger charge is 2.24. The molecule has 0 unspecified atom stereocenters. The van der Waals surface area contributed by atoms with Gasteiger partial charge in [-0.15, -0.1) is 0 Å². The van der Waals surface area contributed by atoms with E-state index in [0.717, 1.165) is 12.0 Å². The van der Waals surface area contributed by atoms with Crippen LogP contribution in [-0.2, 0) is 11.3 Å². The summed E-state index contributed by atoms with van der Waals surface area (Å²) in [5.41, 5.74) is 6.72. The normalized spacial score (nSPS) is 16.4. The fraction of sp³-hybridized carbons (Fsp3) is 0.462. The van der Waals surface area contributed by atoms with E-state index in [1.807, 2.05) is 0 Å². The Morgan fingerprint density at radius 1 is 1.42 bits per heavy atom. The van der Waals surface area contributed by atoms with Gasteiger partial charge in [-0.05, 0) is 18.1 Å². The van der Waals surface area contributed by atoms with Crippen molar-refractivity contribution in [2.75, 3.05) is 26.7 Å². The van der Waals surface area contributed by atoms with E-state index in [-0.39, 0.29) is 18.4 Å². The molecule has 1 saturated heterocycles. The number of pyridine rings is 1. The van der Waals surface area contributed by atoms with Gasteiger partial charge in [0.15, 0.2) is 0 Å². The molecule has 1 aromatic heterocycles.